The Bertz CT molecular complexity index is 1440. The Morgan fingerprint density at radius 1 is 0.865 bits per heavy atom. The van der Waals surface area contributed by atoms with Gasteiger partial charge in [-0.15, -0.1) is 0 Å². The lowest BCUT2D eigenvalue weighted by Crippen LogP contribution is -2.19. The zero-order valence-corrected chi connectivity index (χ0v) is 20.9. The van der Waals surface area contributed by atoms with Crippen LogP contribution in [0.5, 0.6) is 11.5 Å². The standard InChI is InChI=1S/C28H24ClN5O3/c1-18-3-6-20(7-4-18)17-31-34-27(35)26-16-24(13-14-30-26)37-23-11-9-21(10-12-23)32-28(36)33-22-8-5-19(2)25(29)15-22/h3-17H,1-2H3,(H,34,35)(H2,32,33,36). The average Bonchev–Trinajstić information content (AvgIpc) is 2.89. The van der Waals surface area contributed by atoms with E-state index in [1.165, 1.54) is 12.3 Å². The Balaban J connectivity index is 1.31. The van der Waals surface area contributed by atoms with Crippen LogP contribution in [0.4, 0.5) is 16.2 Å². The van der Waals surface area contributed by atoms with Crippen molar-refractivity contribution < 1.29 is 14.3 Å². The summed E-state index contributed by atoms with van der Waals surface area (Å²) in [5.41, 5.74) is 6.72. The number of hydrogen-bond donors (Lipinski definition) is 3. The highest BCUT2D eigenvalue weighted by Crippen LogP contribution is 2.24. The Labute approximate surface area is 219 Å². The van der Waals surface area contributed by atoms with Crippen LogP contribution in [-0.4, -0.2) is 23.1 Å². The summed E-state index contributed by atoms with van der Waals surface area (Å²) in [5, 5.41) is 10.0. The lowest BCUT2D eigenvalue weighted by molar-refractivity contribution is 0.0950. The number of nitrogens with zero attached hydrogens (tertiary/aromatic N) is 2. The van der Waals surface area contributed by atoms with E-state index in [4.69, 9.17) is 16.3 Å². The SMILES string of the molecule is Cc1ccc(C=NNC(=O)c2cc(Oc3ccc(NC(=O)Nc4ccc(C)c(Cl)c4)cc3)ccn2)cc1. The third kappa shape index (κ3) is 7.39. The van der Waals surface area contributed by atoms with Gasteiger partial charge in [-0.2, -0.15) is 5.10 Å². The molecular formula is C28H24ClN5O3. The van der Waals surface area contributed by atoms with E-state index in [9.17, 15) is 9.59 Å². The summed E-state index contributed by atoms with van der Waals surface area (Å²) in [6.07, 6.45) is 3.04. The quantitative estimate of drug-likeness (QED) is 0.192. The number of urea groups is 1. The molecule has 37 heavy (non-hydrogen) atoms. The second kappa shape index (κ2) is 11.8. The molecule has 3 amide bonds. The number of benzene rings is 3. The molecule has 8 nitrogen and oxygen atoms in total. The normalized spacial score (nSPS) is 10.7. The number of amides is 3. The number of rotatable bonds is 7. The molecule has 186 valence electrons. The summed E-state index contributed by atoms with van der Waals surface area (Å²) in [6, 6.07) is 22.6. The van der Waals surface area contributed by atoms with E-state index in [0.29, 0.717) is 27.9 Å². The summed E-state index contributed by atoms with van der Waals surface area (Å²) in [4.78, 5) is 28.8. The number of nitrogens with one attached hydrogen (secondary N) is 3. The first-order valence-corrected chi connectivity index (χ1v) is 11.7. The molecule has 0 aliphatic rings. The molecule has 0 aliphatic carbocycles. The van der Waals surface area contributed by atoms with Crippen LogP contribution in [0.2, 0.25) is 5.02 Å². The first-order chi connectivity index (χ1) is 17.9. The van der Waals surface area contributed by atoms with Crippen molar-refractivity contribution in [1.82, 2.24) is 10.4 Å². The van der Waals surface area contributed by atoms with Crippen LogP contribution < -0.4 is 20.8 Å². The van der Waals surface area contributed by atoms with Crippen molar-refractivity contribution in [3.05, 3.63) is 112 Å². The van der Waals surface area contributed by atoms with Gasteiger partial charge in [0.1, 0.15) is 17.2 Å². The molecule has 0 unspecified atom stereocenters. The minimum atomic E-state index is -0.464. The number of carbonyl (C=O) groups is 2. The number of hydrogen-bond acceptors (Lipinski definition) is 5. The van der Waals surface area contributed by atoms with Crippen molar-refractivity contribution in [2.75, 3.05) is 10.6 Å². The first kappa shape index (κ1) is 25.4. The van der Waals surface area contributed by atoms with Gasteiger partial charge in [-0.3, -0.25) is 9.78 Å². The van der Waals surface area contributed by atoms with Crippen LogP contribution >= 0.6 is 11.6 Å². The molecule has 4 aromatic rings. The number of aromatic nitrogens is 1. The van der Waals surface area contributed by atoms with Gasteiger partial charge in [-0.05, 0) is 67.4 Å². The van der Waals surface area contributed by atoms with E-state index >= 15 is 0 Å². The topological polar surface area (TPSA) is 105 Å². The Morgan fingerprint density at radius 3 is 2.30 bits per heavy atom. The second-order valence-electron chi connectivity index (χ2n) is 8.16. The fraction of sp³-hybridized carbons (Fsp3) is 0.0714. The summed E-state index contributed by atoms with van der Waals surface area (Å²) >= 11 is 6.10. The summed E-state index contributed by atoms with van der Waals surface area (Å²) in [7, 11) is 0. The van der Waals surface area contributed by atoms with Crippen molar-refractivity contribution in [2.45, 2.75) is 13.8 Å². The van der Waals surface area contributed by atoms with Crippen molar-refractivity contribution in [1.29, 1.82) is 0 Å². The zero-order valence-electron chi connectivity index (χ0n) is 20.2. The van der Waals surface area contributed by atoms with E-state index in [0.717, 1.165) is 16.7 Å². The van der Waals surface area contributed by atoms with Gasteiger partial charge in [0.15, 0.2) is 0 Å². The molecule has 3 N–H and O–H groups in total. The zero-order chi connectivity index (χ0) is 26.2. The molecule has 0 saturated heterocycles. The van der Waals surface area contributed by atoms with E-state index in [1.54, 1.807) is 48.7 Å². The predicted molar refractivity (Wildman–Crippen MR) is 146 cm³/mol. The fourth-order valence-electron chi connectivity index (χ4n) is 3.18. The minimum absolute atomic E-state index is 0.157. The highest BCUT2D eigenvalue weighted by Gasteiger charge is 2.09. The third-order valence-electron chi connectivity index (χ3n) is 5.20. The molecule has 0 saturated carbocycles. The van der Waals surface area contributed by atoms with Gasteiger partial charge < -0.3 is 15.4 Å². The largest absolute Gasteiger partial charge is 0.457 e. The number of halogens is 1. The van der Waals surface area contributed by atoms with E-state index in [1.807, 2.05) is 44.2 Å². The maximum atomic E-state index is 12.4. The molecule has 0 aliphatic heterocycles. The highest BCUT2D eigenvalue weighted by molar-refractivity contribution is 6.31. The molecule has 0 spiro atoms. The van der Waals surface area contributed by atoms with Crippen LogP contribution in [0.25, 0.3) is 0 Å². The smallest absolute Gasteiger partial charge is 0.323 e. The Morgan fingerprint density at radius 2 is 1.57 bits per heavy atom. The summed E-state index contributed by atoms with van der Waals surface area (Å²) < 4.78 is 5.83. The molecule has 1 aromatic heterocycles. The second-order valence-corrected chi connectivity index (χ2v) is 8.56. The van der Waals surface area contributed by atoms with Crippen LogP contribution in [0, 0.1) is 13.8 Å². The molecular weight excluding hydrogens is 490 g/mol. The van der Waals surface area contributed by atoms with Gasteiger partial charge >= 0.3 is 6.03 Å². The van der Waals surface area contributed by atoms with Crippen LogP contribution in [0.15, 0.2) is 90.2 Å². The number of anilines is 2. The van der Waals surface area contributed by atoms with Gasteiger partial charge in [0, 0.05) is 28.7 Å². The third-order valence-corrected chi connectivity index (χ3v) is 5.61. The van der Waals surface area contributed by atoms with E-state index in [2.05, 4.69) is 26.1 Å². The molecule has 4 rings (SSSR count). The number of pyridine rings is 1. The minimum Gasteiger partial charge on any atom is -0.457 e. The number of hydrazone groups is 1. The number of carbonyl (C=O) groups excluding carboxylic acids is 2. The maximum absolute atomic E-state index is 12.4. The van der Waals surface area contributed by atoms with E-state index < -0.39 is 11.9 Å². The monoisotopic (exact) mass is 513 g/mol. The highest BCUT2D eigenvalue weighted by atomic mass is 35.5. The Kier molecular flexibility index (Phi) is 8.12. The van der Waals surface area contributed by atoms with Crippen LogP contribution in [0.3, 0.4) is 0 Å². The Hall–Kier alpha value is -4.69. The predicted octanol–water partition coefficient (Wildman–Crippen LogP) is 6.55. The molecule has 0 bridgehead atoms. The first-order valence-electron chi connectivity index (χ1n) is 11.3. The van der Waals surface area contributed by atoms with Crippen molar-refractivity contribution in [2.24, 2.45) is 5.10 Å². The van der Waals surface area contributed by atoms with E-state index in [-0.39, 0.29) is 5.69 Å². The van der Waals surface area contributed by atoms with Gasteiger partial charge in [0.05, 0.1) is 6.21 Å². The van der Waals surface area contributed by atoms with Crippen LogP contribution in [-0.2, 0) is 0 Å². The van der Waals surface area contributed by atoms with Gasteiger partial charge in [-0.25, -0.2) is 10.2 Å². The maximum Gasteiger partial charge on any atom is 0.323 e. The van der Waals surface area contributed by atoms with Crippen molar-refractivity contribution >= 4 is 41.1 Å². The van der Waals surface area contributed by atoms with Gasteiger partial charge in [0.2, 0.25) is 0 Å². The van der Waals surface area contributed by atoms with Crippen LogP contribution in [0.1, 0.15) is 27.2 Å². The summed E-state index contributed by atoms with van der Waals surface area (Å²) in [6.45, 7) is 3.89. The summed E-state index contributed by atoms with van der Waals surface area (Å²) in [5.74, 6) is 0.484. The number of ether oxygens (including phenoxy) is 1. The molecule has 1 heterocycles. The lowest BCUT2D eigenvalue weighted by atomic mass is 10.2. The molecule has 9 heteroatoms. The average molecular weight is 514 g/mol. The lowest BCUT2D eigenvalue weighted by Gasteiger charge is -2.10. The number of aryl methyl sites for hydroxylation is 2. The molecule has 0 radical (unpaired) electrons. The molecule has 0 fully saturated rings. The van der Waals surface area contributed by atoms with Gasteiger partial charge in [-0.1, -0.05) is 47.5 Å². The van der Waals surface area contributed by atoms with Gasteiger partial charge in [0.25, 0.3) is 5.91 Å². The van der Waals surface area contributed by atoms with Crippen molar-refractivity contribution in [3.8, 4) is 11.5 Å². The molecule has 3 aromatic carbocycles. The van der Waals surface area contributed by atoms with Crippen molar-refractivity contribution in [3.63, 3.8) is 0 Å². The fourth-order valence-corrected chi connectivity index (χ4v) is 3.36. The molecule has 0 atom stereocenters.